The van der Waals surface area contributed by atoms with Gasteiger partial charge in [0.2, 0.25) is 0 Å². The van der Waals surface area contributed by atoms with Crippen LogP contribution in [0.4, 0.5) is 0 Å². The first kappa shape index (κ1) is 17.0. The Morgan fingerprint density at radius 2 is 1.35 bits per heavy atom. The smallest absolute Gasteiger partial charge is 0.872 e. The standard InChI is InChI=1S/C20H12O5.Na/c21-11-5-7-15-17(9-11)24-18-10-12(22)6-8-16(18)20(15)14-4-2-1-3-13(14)19(23)25-20;/h1-10,21-22H;/q;+1/p-2. The topological polar surface area (TPSA) is 81.7 Å². The summed E-state index contributed by atoms with van der Waals surface area (Å²) in [6.07, 6.45) is 0. The molecular formula is C20H10NaO5-. The third-order valence-electron chi connectivity index (χ3n) is 4.66. The molecule has 3 aromatic rings. The molecule has 5 nitrogen and oxygen atoms in total. The number of fused-ring (bicyclic) bond motifs is 6. The Morgan fingerprint density at radius 1 is 0.769 bits per heavy atom. The molecule has 0 fully saturated rings. The Kier molecular flexibility index (Phi) is 3.77. The molecule has 2 aliphatic rings. The zero-order valence-corrected chi connectivity index (χ0v) is 15.8. The molecule has 2 heterocycles. The number of rotatable bonds is 0. The fraction of sp³-hybridized carbons (Fsp3) is 0.0500. The van der Waals surface area contributed by atoms with Crippen molar-refractivity contribution in [3.63, 3.8) is 0 Å². The summed E-state index contributed by atoms with van der Waals surface area (Å²) in [5.74, 6) is -0.335. The van der Waals surface area contributed by atoms with Crippen molar-refractivity contribution in [3.8, 4) is 23.0 Å². The van der Waals surface area contributed by atoms with E-state index in [1.54, 1.807) is 24.3 Å². The van der Waals surface area contributed by atoms with Gasteiger partial charge in [-0.3, -0.25) is 0 Å². The van der Waals surface area contributed by atoms with Crippen LogP contribution in [0.1, 0.15) is 27.0 Å². The van der Waals surface area contributed by atoms with E-state index >= 15 is 0 Å². The van der Waals surface area contributed by atoms with Crippen LogP contribution in [0.2, 0.25) is 0 Å². The minimum Gasteiger partial charge on any atom is -0.872 e. The average molecular weight is 353 g/mol. The molecule has 0 atom stereocenters. The van der Waals surface area contributed by atoms with Crippen LogP contribution in [-0.4, -0.2) is 5.97 Å². The van der Waals surface area contributed by atoms with Gasteiger partial charge in [0.15, 0.2) is 5.60 Å². The van der Waals surface area contributed by atoms with Gasteiger partial charge in [-0.05, 0) is 18.2 Å². The Hall–Kier alpha value is -2.47. The van der Waals surface area contributed by atoms with Crippen LogP contribution < -0.4 is 44.5 Å². The number of hydrogen-bond donors (Lipinski definition) is 0. The summed E-state index contributed by atoms with van der Waals surface area (Å²) in [6, 6.07) is 15.8. The van der Waals surface area contributed by atoms with E-state index in [9.17, 15) is 15.0 Å². The molecule has 122 valence electrons. The van der Waals surface area contributed by atoms with Crippen LogP contribution in [0, 0.1) is 0 Å². The van der Waals surface area contributed by atoms with Gasteiger partial charge in [0.25, 0.3) is 0 Å². The predicted molar refractivity (Wildman–Crippen MR) is 83.6 cm³/mol. The van der Waals surface area contributed by atoms with E-state index in [1.165, 1.54) is 24.3 Å². The summed E-state index contributed by atoms with van der Waals surface area (Å²) in [5, 5.41) is 23.6. The summed E-state index contributed by atoms with van der Waals surface area (Å²) in [5.41, 5.74) is 1.03. The van der Waals surface area contributed by atoms with Crippen molar-refractivity contribution in [2.75, 3.05) is 0 Å². The largest absolute Gasteiger partial charge is 1.00 e. The van der Waals surface area contributed by atoms with Gasteiger partial charge in [-0.15, -0.1) is 11.5 Å². The third kappa shape index (κ3) is 2.11. The Labute approximate surface area is 171 Å². The van der Waals surface area contributed by atoms with Crippen molar-refractivity contribution in [1.29, 1.82) is 0 Å². The number of hydrogen-bond acceptors (Lipinski definition) is 5. The maximum absolute atomic E-state index is 12.5. The van der Waals surface area contributed by atoms with E-state index < -0.39 is 11.6 Å². The molecule has 5 rings (SSSR count). The van der Waals surface area contributed by atoms with E-state index in [-0.39, 0.29) is 52.6 Å². The molecule has 3 aromatic carbocycles. The van der Waals surface area contributed by atoms with Crippen molar-refractivity contribution in [2.45, 2.75) is 5.60 Å². The summed E-state index contributed by atoms with van der Waals surface area (Å²) < 4.78 is 11.7. The molecule has 0 amide bonds. The molecule has 0 radical (unpaired) electrons. The molecular weight excluding hydrogens is 343 g/mol. The molecule has 2 aliphatic heterocycles. The van der Waals surface area contributed by atoms with Crippen LogP contribution in [0.3, 0.4) is 0 Å². The van der Waals surface area contributed by atoms with Crippen molar-refractivity contribution >= 4 is 5.97 Å². The maximum atomic E-state index is 12.5. The first-order chi connectivity index (χ1) is 12.1. The first-order valence-corrected chi connectivity index (χ1v) is 7.73. The van der Waals surface area contributed by atoms with Crippen molar-refractivity contribution in [2.24, 2.45) is 0 Å². The molecule has 0 saturated heterocycles. The summed E-state index contributed by atoms with van der Waals surface area (Å²) >= 11 is 0. The Balaban J connectivity index is 0.00000168. The second-order valence-corrected chi connectivity index (χ2v) is 6.03. The fourth-order valence-electron chi connectivity index (χ4n) is 3.64. The number of esters is 1. The molecule has 26 heavy (non-hydrogen) atoms. The quantitative estimate of drug-likeness (QED) is 0.398. The summed E-state index contributed by atoms with van der Waals surface area (Å²) in [6.45, 7) is 0. The maximum Gasteiger partial charge on any atom is 1.00 e. The SMILES string of the molecule is O=C1OC2(c3ccc([O-])cc3Oc3cc([O-])ccc32)c2ccccc21.[Na+]. The number of ether oxygens (including phenoxy) is 2. The van der Waals surface area contributed by atoms with Gasteiger partial charge in [0, 0.05) is 16.7 Å². The van der Waals surface area contributed by atoms with Crippen molar-refractivity contribution in [1.82, 2.24) is 0 Å². The van der Waals surface area contributed by atoms with Crippen LogP contribution in [0.15, 0.2) is 60.7 Å². The number of carbonyl (C=O) groups excluding carboxylic acids is 1. The molecule has 0 aliphatic carbocycles. The van der Waals surface area contributed by atoms with Gasteiger partial charge in [-0.2, -0.15) is 0 Å². The summed E-state index contributed by atoms with van der Waals surface area (Å²) in [4.78, 5) is 12.5. The van der Waals surface area contributed by atoms with Gasteiger partial charge in [-0.1, -0.05) is 42.5 Å². The summed E-state index contributed by atoms with van der Waals surface area (Å²) in [7, 11) is 0. The second-order valence-electron chi connectivity index (χ2n) is 6.03. The van der Waals surface area contributed by atoms with E-state index in [4.69, 9.17) is 9.47 Å². The number of carbonyl (C=O) groups is 1. The van der Waals surface area contributed by atoms with E-state index in [0.29, 0.717) is 22.3 Å². The molecule has 0 aromatic heterocycles. The van der Waals surface area contributed by atoms with Gasteiger partial charge in [0.1, 0.15) is 11.5 Å². The Bertz CT molecular complexity index is 1010. The van der Waals surface area contributed by atoms with E-state index in [0.717, 1.165) is 0 Å². The van der Waals surface area contributed by atoms with Crippen LogP contribution in [0.5, 0.6) is 23.0 Å². The minimum absolute atomic E-state index is 0. The van der Waals surface area contributed by atoms with Crippen LogP contribution in [-0.2, 0) is 10.3 Å². The van der Waals surface area contributed by atoms with Crippen LogP contribution >= 0.6 is 0 Å². The third-order valence-corrected chi connectivity index (χ3v) is 4.66. The van der Waals surface area contributed by atoms with Gasteiger partial charge in [-0.25, -0.2) is 4.79 Å². The molecule has 1 spiro atoms. The van der Waals surface area contributed by atoms with Crippen LogP contribution in [0.25, 0.3) is 0 Å². The monoisotopic (exact) mass is 353 g/mol. The average Bonchev–Trinajstić information content (AvgIpc) is 2.88. The van der Waals surface area contributed by atoms with E-state index in [2.05, 4.69) is 0 Å². The predicted octanol–water partition coefficient (Wildman–Crippen LogP) is -0.594. The van der Waals surface area contributed by atoms with Crippen molar-refractivity contribution in [3.05, 3.63) is 82.9 Å². The molecule has 6 heteroatoms. The molecule has 0 bridgehead atoms. The normalized spacial score (nSPS) is 15.2. The fourth-order valence-corrected chi connectivity index (χ4v) is 3.64. The first-order valence-electron chi connectivity index (χ1n) is 7.73. The molecule has 0 N–H and O–H groups in total. The second kappa shape index (κ2) is 5.77. The van der Waals surface area contributed by atoms with Gasteiger partial charge < -0.3 is 19.7 Å². The Morgan fingerprint density at radius 3 is 1.96 bits per heavy atom. The van der Waals surface area contributed by atoms with Gasteiger partial charge in [0.05, 0.1) is 5.56 Å². The van der Waals surface area contributed by atoms with E-state index in [1.807, 2.05) is 12.1 Å². The van der Waals surface area contributed by atoms with Crippen molar-refractivity contribution < 1.29 is 54.0 Å². The zero-order chi connectivity index (χ0) is 17.2. The zero-order valence-electron chi connectivity index (χ0n) is 13.8. The molecule has 0 unspecified atom stereocenters. The number of benzene rings is 3. The van der Waals surface area contributed by atoms with Gasteiger partial charge >= 0.3 is 35.5 Å². The molecule has 0 saturated carbocycles. The minimum atomic E-state index is -1.22.